The van der Waals surface area contributed by atoms with E-state index in [-0.39, 0.29) is 5.56 Å². The molecule has 2 N–H and O–H groups in total. The van der Waals surface area contributed by atoms with Gasteiger partial charge in [-0.05, 0) is 14.1 Å². The molecule has 1 aromatic rings. The predicted octanol–water partition coefficient (Wildman–Crippen LogP) is -0.432. The molecule has 1 heterocycles. The molecule has 0 bridgehead atoms. The van der Waals surface area contributed by atoms with Crippen LogP contribution in [0.5, 0.6) is 0 Å². The van der Waals surface area contributed by atoms with Crippen molar-refractivity contribution in [2.24, 2.45) is 0 Å². The van der Waals surface area contributed by atoms with Crippen molar-refractivity contribution in [2.75, 3.05) is 34.4 Å². The number of aromatic amines is 1. The second kappa shape index (κ2) is 7.16. The lowest BCUT2D eigenvalue weighted by molar-refractivity contribution is 0.199. The molecule has 1 aromatic heterocycles. The summed E-state index contributed by atoms with van der Waals surface area (Å²) in [6.07, 6.45) is 0. The minimum atomic E-state index is -0.111. The largest absolute Gasteiger partial charge is 0.383 e. The molecule has 0 unspecified atom stereocenters. The number of methoxy groups -OCH3 is 1. The average molecular weight is 240 g/mol. The minimum absolute atomic E-state index is 0.111. The van der Waals surface area contributed by atoms with E-state index in [1.807, 2.05) is 19.0 Å². The first-order valence-corrected chi connectivity index (χ1v) is 5.55. The summed E-state index contributed by atoms with van der Waals surface area (Å²) in [7, 11) is 5.52. The van der Waals surface area contributed by atoms with E-state index in [1.165, 1.54) is 6.07 Å². The van der Waals surface area contributed by atoms with Crippen LogP contribution in [0.1, 0.15) is 11.5 Å². The molecule has 0 aliphatic rings. The normalized spacial score (nSPS) is 11.1. The smallest absolute Gasteiger partial charge is 0.251 e. The van der Waals surface area contributed by atoms with Crippen LogP contribution in [-0.4, -0.2) is 49.2 Å². The second-order valence-electron chi connectivity index (χ2n) is 4.09. The van der Waals surface area contributed by atoms with Crippen molar-refractivity contribution in [3.8, 4) is 0 Å². The average Bonchev–Trinajstić information content (AvgIpc) is 2.22. The molecule has 0 aliphatic carbocycles. The molecule has 0 amide bonds. The van der Waals surface area contributed by atoms with E-state index in [9.17, 15) is 4.79 Å². The van der Waals surface area contributed by atoms with Gasteiger partial charge in [-0.25, -0.2) is 4.98 Å². The van der Waals surface area contributed by atoms with Gasteiger partial charge in [-0.2, -0.15) is 0 Å². The molecule has 96 valence electrons. The van der Waals surface area contributed by atoms with E-state index in [1.54, 1.807) is 7.11 Å². The summed E-state index contributed by atoms with van der Waals surface area (Å²) in [5, 5.41) is 3.16. The van der Waals surface area contributed by atoms with Crippen molar-refractivity contribution in [3.63, 3.8) is 0 Å². The first-order chi connectivity index (χ1) is 8.11. The van der Waals surface area contributed by atoms with Gasteiger partial charge in [0, 0.05) is 26.3 Å². The molecule has 0 radical (unpaired) electrons. The van der Waals surface area contributed by atoms with Crippen LogP contribution in [-0.2, 0) is 17.8 Å². The van der Waals surface area contributed by atoms with Crippen LogP contribution >= 0.6 is 0 Å². The zero-order valence-electron chi connectivity index (χ0n) is 10.6. The van der Waals surface area contributed by atoms with Gasteiger partial charge in [0.1, 0.15) is 5.82 Å². The summed E-state index contributed by atoms with van der Waals surface area (Å²) >= 11 is 0. The summed E-state index contributed by atoms with van der Waals surface area (Å²) < 4.78 is 4.92. The van der Waals surface area contributed by atoms with Gasteiger partial charge in [0.2, 0.25) is 0 Å². The Bertz CT molecular complexity index is 389. The Morgan fingerprint density at radius 3 is 2.94 bits per heavy atom. The van der Waals surface area contributed by atoms with Crippen molar-refractivity contribution < 1.29 is 4.74 Å². The number of aromatic nitrogens is 2. The third kappa shape index (κ3) is 5.58. The van der Waals surface area contributed by atoms with E-state index in [4.69, 9.17) is 4.74 Å². The lowest BCUT2D eigenvalue weighted by Gasteiger charge is -2.10. The van der Waals surface area contributed by atoms with Crippen molar-refractivity contribution in [1.82, 2.24) is 20.2 Å². The van der Waals surface area contributed by atoms with Crippen LogP contribution < -0.4 is 10.9 Å². The Morgan fingerprint density at radius 1 is 1.53 bits per heavy atom. The van der Waals surface area contributed by atoms with Crippen LogP contribution in [0, 0.1) is 0 Å². The van der Waals surface area contributed by atoms with E-state index in [2.05, 4.69) is 15.3 Å². The molecular formula is C11H20N4O2. The SMILES string of the molecule is COCCNCc1cc(=O)[nH]c(CN(C)C)n1. The highest BCUT2D eigenvalue weighted by Crippen LogP contribution is 1.94. The Labute approximate surface area is 101 Å². The van der Waals surface area contributed by atoms with Gasteiger partial charge in [0.15, 0.2) is 0 Å². The standard InChI is InChI=1S/C11H20N4O2/c1-15(2)8-10-13-9(6-11(16)14-10)7-12-4-5-17-3/h6,12H,4-5,7-8H2,1-3H3,(H,13,14,16). The Balaban J connectivity index is 2.59. The zero-order valence-corrected chi connectivity index (χ0v) is 10.6. The van der Waals surface area contributed by atoms with Crippen LogP contribution in [0.25, 0.3) is 0 Å². The molecule has 0 fully saturated rings. The van der Waals surface area contributed by atoms with Crippen molar-refractivity contribution in [3.05, 3.63) is 27.9 Å². The summed E-state index contributed by atoms with van der Waals surface area (Å²) in [6, 6.07) is 1.51. The van der Waals surface area contributed by atoms with Gasteiger partial charge in [-0.15, -0.1) is 0 Å². The van der Waals surface area contributed by atoms with Gasteiger partial charge in [0.05, 0.1) is 18.8 Å². The summed E-state index contributed by atoms with van der Waals surface area (Å²) in [5.41, 5.74) is 0.641. The first kappa shape index (κ1) is 13.8. The lowest BCUT2D eigenvalue weighted by atomic mass is 10.3. The highest BCUT2D eigenvalue weighted by molar-refractivity contribution is 5.02. The predicted molar refractivity (Wildman–Crippen MR) is 65.8 cm³/mol. The van der Waals surface area contributed by atoms with E-state index < -0.39 is 0 Å². The number of nitrogens with one attached hydrogen (secondary N) is 2. The minimum Gasteiger partial charge on any atom is -0.383 e. The van der Waals surface area contributed by atoms with Crippen LogP contribution in [0.2, 0.25) is 0 Å². The van der Waals surface area contributed by atoms with Gasteiger partial charge in [0.25, 0.3) is 5.56 Å². The fourth-order valence-corrected chi connectivity index (χ4v) is 1.42. The number of hydrogen-bond donors (Lipinski definition) is 2. The maximum absolute atomic E-state index is 11.4. The Morgan fingerprint density at radius 2 is 2.29 bits per heavy atom. The lowest BCUT2D eigenvalue weighted by Crippen LogP contribution is -2.23. The third-order valence-corrected chi connectivity index (χ3v) is 2.10. The van der Waals surface area contributed by atoms with E-state index >= 15 is 0 Å². The molecule has 6 nitrogen and oxygen atoms in total. The molecule has 6 heteroatoms. The Hall–Kier alpha value is -1.24. The molecular weight excluding hydrogens is 220 g/mol. The van der Waals surface area contributed by atoms with Gasteiger partial charge >= 0.3 is 0 Å². The summed E-state index contributed by atoms with van der Waals surface area (Å²) in [4.78, 5) is 20.5. The molecule has 0 atom stereocenters. The van der Waals surface area contributed by atoms with Crippen LogP contribution in [0.15, 0.2) is 10.9 Å². The zero-order chi connectivity index (χ0) is 12.7. The molecule has 0 aliphatic heterocycles. The topological polar surface area (TPSA) is 70.2 Å². The fourth-order valence-electron chi connectivity index (χ4n) is 1.42. The van der Waals surface area contributed by atoms with Crippen LogP contribution in [0.3, 0.4) is 0 Å². The highest BCUT2D eigenvalue weighted by atomic mass is 16.5. The molecule has 17 heavy (non-hydrogen) atoms. The number of nitrogens with zero attached hydrogens (tertiary/aromatic N) is 2. The van der Waals surface area contributed by atoms with Gasteiger partial charge in [-0.1, -0.05) is 0 Å². The monoisotopic (exact) mass is 240 g/mol. The second-order valence-corrected chi connectivity index (χ2v) is 4.09. The highest BCUT2D eigenvalue weighted by Gasteiger charge is 2.02. The molecule has 0 saturated heterocycles. The Kier molecular flexibility index (Phi) is 5.82. The molecule has 0 spiro atoms. The molecule has 0 aromatic carbocycles. The van der Waals surface area contributed by atoms with Crippen molar-refractivity contribution in [2.45, 2.75) is 13.1 Å². The summed E-state index contributed by atoms with van der Waals surface area (Å²) in [6.45, 7) is 2.59. The van der Waals surface area contributed by atoms with Gasteiger partial charge in [-0.3, -0.25) is 4.79 Å². The first-order valence-electron chi connectivity index (χ1n) is 5.55. The number of H-pyrrole nitrogens is 1. The quantitative estimate of drug-likeness (QED) is 0.633. The third-order valence-electron chi connectivity index (χ3n) is 2.10. The maximum atomic E-state index is 11.4. The molecule has 1 rings (SSSR count). The maximum Gasteiger partial charge on any atom is 0.251 e. The fraction of sp³-hybridized carbons (Fsp3) is 0.636. The molecule has 0 saturated carbocycles. The van der Waals surface area contributed by atoms with Gasteiger partial charge < -0.3 is 19.9 Å². The van der Waals surface area contributed by atoms with Crippen LogP contribution in [0.4, 0.5) is 0 Å². The van der Waals surface area contributed by atoms with Crippen molar-refractivity contribution in [1.29, 1.82) is 0 Å². The van der Waals surface area contributed by atoms with Crippen molar-refractivity contribution >= 4 is 0 Å². The van der Waals surface area contributed by atoms with E-state index in [0.717, 1.165) is 12.2 Å². The van der Waals surface area contributed by atoms with E-state index in [0.29, 0.717) is 25.5 Å². The number of hydrogen-bond acceptors (Lipinski definition) is 5. The number of ether oxygens (including phenoxy) is 1. The number of rotatable bonds is 7. The summed E-state index contributed by atoms with van der Waals surface area (Å²) in [5.74, 6) is 0.686.